The summed E-state index contributed by atoms with van der Waals surface area (Å²) in [6, 6.07) is 8.18. The summed E-state index contributed by atoms with van der Waals surface area (Å²) in [7, 11) is 0. The number of aryl methyl sites for hydroxylation is 1. The van der Waals surface area contributed by atoms with Crippen molar-refractivity contribution in [3.8, 4) is 11.3 Å². The fourth-order valence-corrected chi connectivity index (χ4v) is 3.21. The van der Waals surface area contributed by atoms with E-state index in [2.05, 4.69) is 4.98 Å². The molecule has 0 radical (unpaired) electrons. The van der Waals surface area contributed by atoms with Gasteiger partial charge in [0, 0.05) is 25.3 Å². The number of piperidine rings is 1. The summed E-state index contributed by atoms with van der Waals surface area (Å²) in [5, 5.41) is 0. The van der Waals surface area contributed by atoms with E-state index < -0.39 is 5.60 Å². The van der Waals surface area contributed by atoms with E-state index in [9.17, 15) is 9.59 Å². The molecule has 0 bridgehead atoms. The number of aromatic nitrogens is 2. The second-order valence-corrected chi connectivity index (χ2v) is 7.94. The molecule has 1 aliphatic heterocycles. The molecule has 26 heavy (non-hydrogen) atoms. The van der Waals surface area contributed by atoms with Gasteiger partial charge >= 0.3 is 11.8 Å². The lowest BCUT2D eigenvalue weighted by Gasteiger charge is -2.33. The Kier molecular flexibility index (Phi) is 4.94. The van der Waals surface area contributed by atoms with Crippen molar-refractivity contribution in [3.63, 3.8) is 0 Å². The first kappa shape index (κ1) is 18.3. The van der Waals surface area contributed by atoms with Gasteiger partial charge < -0.3 is 14.6 Å². The monoisotopic (exact) mass is 357 g/mol. The van der Waals surface area contributed by atoms with Gasteiger partial charge in [0.15, 0.2) is 0 Å². The molecule has 1 saturated heterocycles. The number of ether oxygens (including phenoxy) is 1. The molecule has 2 aromatic rings. The van der Waals surface area contributed by atoms with Crippen molar-refractivity contribution in [2.75, 3.05) is 13.1 Å². The number of hydrogen-bond acceptors (Lipinski definition) is 3. The van der Waals surface area contributed by atoms with E-state index >= 15 is 0 Å². The van der Waals surface area contributed by atoms with Crippen LogP contribution in [0.2, 0.25) is 0 Å². The Balaban J connectivity index is 1.67. The van der Waals surface area contributed by atoms with Gasteiger partial charge in [-0.3, -0.25) is 4.57 Å². The Bertz CT molecular complexity index is 819. The highest BCUT2D eigenvalue weighted by Crippen LogP contribution is 2.25. The molecule has 1 aliphatic rings. The summed E-state index contributed by atoms with van der Waals surface area (Å²) in [6.45, 7) is 8.82. The van der Waals surface area contributed by atoms with Crippen molar-refractivity contribution in [1.29, 1.82) is 0 Å². The SMILES string of the molecule is Cc1ccc(-c2cn(C3CCN(C(=O)OC(C)(C)C)CC3)c(=O)[nH]2)cc1. The van der Waals surface area contributed by atoms with Gasteiger partial charge in [0.25, 0.3) is 0 Å². The lowest BCUT2D eigenvalue weighted by atomic mass is 10.1. The topological polar surface area (TPSA) is 67.3 Å². The quantitative estimate of drug-likeness (QED) is 0.891. The number of nitrogens with zero attached hydrogens (tertiary/aromatic N) is 2. The second kappa shape index (κ2) is 7.02. The highest BCUT2D eigenvalue weighted by atomic mass is 16.6. The number of H-pyrrole nitrogens is 1. The van der Waals surface area contributed by atoms with Gasteiger partial charge in [0.1, 0.15) is 5.60 Å². The molecule has 1 N–H and O–H groups in total. The van der Waals surface area contributed by atoms with Gasteiger partial charge in [0.05, 0.1) is 5.69 Å². The van der Waals surface area contributed by atoms with E-state index in [4.69, 9.17) is 4.74 Å². The third-order valence-electron chi connectivity index (χ3n) is 4.62. The fourth-order valence-electron chi connectivity index (χ4n) is 3.21. The van der Waals surface area contributed by atoms with Gasteiger partial charge in [0.2, 0.25) is 0 Å². The van der Waals surface area contributed by atoms with Crippen LogP contribution in [0.1, 0.15) is 45.2 Å². The van der Waals surface area contributed by atoms with E-state index in [1.54, 1.807) is 9.47 Å². The lowest BCUT2D eigenvalue weighted by molar-refractivity contribution is 0.0187. The largest absolute Gasteiger partial charge is 0.444 e. The van der Waals surface area contributed by atoms with Crippen LogP contribution in [0.4, 0.5) is 4.79 Å². The molecular weight excluding hydrogens is 330 g/mol. The number of aromatic amines is 1. The van der Waals surface area contributed by atoms with Crippen molar-refractivity contribution >= 4 is 6.09 Å². The lowest BCUT2D eigenvalue weighted by Crippen LogP contribution is -2.42. The Morgan fingerprint density at radius 3 is 2.35 bits per heavy atom. The van der Waals surface area contributed by atoms with Crippen molar-refractivity contribution in [3.05, 3.63) is 46.5 Å². The molecule has 0 atom stereocenters. The summed E-state index contributed by atoms with van der Waals surface area (Å²) in [4.78, 5) is 29.2. The number of carbonyl (C=O) groups is 1. The van der Waals surface area contributed by atoms with Crippen LogP contribution < -0.4 is 5.69 Å². The zero-order chi connectivity index (χ0) is 18.9. The first-order chi connectivity index (χ1) is 12.2. The van der Waals surface area contributed by atoms with Gasteiger partial charge in [-0.25, -0.2) is 9.59 Å². The average molecular weight is 357 g/mol. The van der Waals surface area contributed by atoms with Crippen LogP contribution in [0.15, 0.2) is 35.3 Å². The molecule has 3 rings (SSSR count). The number of hydrogen-bond donors (Lipinski definition) is 1. The van der Waals surface area contributed by atoms with Crippen LogP contribution in [-0.2, 0) is 4.74 Å². The summed E-state index contributed by atoms with van der Waals surface area (Å²) in [5.41, 5.74) is 2.41. The number of amides is 1. The minimum absolute atomic E-state index is 0.0941. The maximum absolute atomic E-state index is 12.4. The molecule has 0 saturated carbocycles. The summed E-state index contributed by atoms with van der Waals surface area (Å²) in [5.74, 6) is 0. The third kappa shape index (κ3) is 4.18. The number of carbonyl (C=O) groups excluding carboxylic acids is 1. The molecule has 0 unspecified atom stereocenters. The minimum atomic E-state index is -0.492. The third-order valence-corrected chi connectivity index (χ3v) is 4.62. The minimum Gasteiger partial charge on any atom is -0.444 e. The summed E-state index contributed by atoms with van der Waals surface area (Å²) in [6.07, 6.45) is 3.09. The Labute approximate surface area is 153 Å². The normalized spacial score (nSPS) is 15.9. The molecule has 1 aromatic heterocycles. The maximum atomic E-state index is 12.4. The molecule has 6 heteroatoms. The Morgan fingerprint density at radius 1 is 1.15 bits per heavy atom. The maximum Gasteiger partial charge on any atom is 0.410 e. The molecule has 140 valence electrons. The smallest absolute Gasteiger partial charge is 0.410 e. The average Bonchev–Trinajstić information content (AvgIpc) is 2.96. The molecule has 1 aromatic carbocycles. The van der Waals surface area contributed by atoms with Crippen molar-refractivity contribution < 1.29 is 9.53 Å². The number of likely N-dealkylation sites (tertiary alicyclic amines) is 1. The van der Waals surface area contributed by atoms with E-state index in [-0.39, 0.29) is 17.8 Å². The van der Waals surface area contributed by atoms with Gasteiger partial charge in [-0.2, -0.15) is 0 Å². The van der Waals surface area contributed by atoms with E-state index in [1.807, 2.05) is 58.2 Å². The van der Waals surface area contributed by atoms with Gasteiger partial charge in [-0.1, -0.05) is 29.8 Å². The highest BCUT2D eigenvalue weighted by molar-refractivity contribution is 5.68. The van der Waals surface area contributed by atoms with Crippen molar-refractivity contribution in [2.45, 2.75) is 52.2 Å². The Morgan fingerprint density at radius 2 is 1.77 bits per heavy atom. The first-order valence-electron chi connectivity index (χ1n) is 9.09. The van der Waals surface area contributed by atoms with Crippen molar-refractivity contribution in [1.82, 2.24) is 14.5 Å². The number of benzene rings is 1. The molecule has 6 nitrogen and oxygen atoms in total. The summed E-state index contributed by atoms with van der Waals surface area (Å²) < 4.78 is 7.19. The Hall–Kier alpha value is -2.50. The van der Waals surface area contributed by atoms with Crippen LogP contribution in [0, 0.1) is 6.92 Å². The summed E-state index contributed by atoms with van der Waals surface area (Å²) >= 11 is 0. The molecule has 0 spiro atoms. The fraction of sp³-hybridized carbons (Fsp3) is 0.500. The first-order valence-corrected chi connectivity index (χ1v) is 9.09. The van der Waals surface area contributed by atoms with Crippen LogP contribution in [-0.4, -0.2) is 39.2 Å². The predicted octanol–water partition coefficient (Wildman–Crippen LogP) is 3.72. The van der Waals surface area contributed by atoms with Crippen LogP contribution in [0.5, 0.6) is 0 Å². The standard InChI is InChI=1S/C20H27N3O3/c1-14-5-7-15(8-6-14)17-13-23(18(24)21-17)16-9-11-22(12-10-16)19(25)26-20(2,3)4/h5-8,13,16H,9-12H2,1-4H3,(H,21,24). The van der Waals surface area contributed by atoms with E-state index in [0.29, 0.717) is 13.1 Å². The van der Waals surface area contributed by atoms with Crippen LogP contribution >= 0.6 is 0 Å². The van der Waals surface area contributed by atoms with E-state index in [1.165, 1.54) is 5.56 Å². The number of rotatable bonds is 2. The van der Waals surface area contributed by atoms with Crippen LogP contribution in [0.3, 0.4) is 0 Å². The number of imidazole rings is 1. The second-order valence-electron chi connectivity index (χ2n) is 7.94. The van der Waals surface area contributed by atoms with Gasteiger partial charge in [-0.15, -0.1) is 0 Å². The molecule has 1 amide bonds. The predicted molar refractivity (Wildman–Crippen MR) is 101 cm³/mol. The number of nitrogens with one attached hydrogen (secondary N) is 1. The zero-order valence-electron chi connectivity index (χ0n) is 15.9. The molecular formula is C20H27N3O3. The van der Waals surface area contributed by atoms with Crippen molar-refractivity contribution in [2.24, 2.45) is 0 Å². The molecule has 0 aliphatic carbocycles. The zero-order valence-corrected chi connectivity index (χ0v) is 15.9. The van der Waals surface area contributed by atoms with Crippen LogP contribution in [0.25, 0.3) is 11.3 Å². The highest BCUT2D eigenvalue weighted by Gasteiger charge is 2.28. The van der Waals surface area contributed by atoms with E-state index in [0.717, 1.165) is 24.1 Å². The van der Waals surface area contributed by atoms with Gasteiger partial charge in [-0.05, 0) is 46.1 Å². The molecule has 2 heterocycles. The molecule has 1 fully saturated rings.